The van der Waals surface area contributed by atoms with Gasteiger partial charge in [0.15, 0.2) is 0 Å². The summed E-state index contributed by atoms with van der Waals surface area (Å²) in [4.78, 5) is 36.8. The van der Waals surface area contributed by atoms with Crippen molar-refractivity contribution in [1.29, 1.82) is 0 Å². The summed E-state index contributed by atoms with van der Waals surface area (Å²) in [6.45, 7) is 0.348. The lowest BCUT2D eigenvalue weighted by Crippen LogP contribution is -2.53. The molecular weight excluding hydrogens is 528 g/mol. The monoisotopic (exact) mass is 558 g/mol. The smallest absolute Gasteiger partial charge is 0.247 e. The van der Waals surface area contributed by atoms with Crippen LogP contribution in [0, 0.1) is 0 Å². The van der Waals surface area contributed by atoms with Crippen LogP contribution >= 0.6 is 0 Å². The molecule has 10 nitrogen and oxygen atoms in total. The van der Waals surface area contributed by atoms with Crippen LogP contribution in [-0.2, 0) is 31.8 Å². The zero-order valence-corrected chi connectivity index (χ0v) is 22.5. The molecule has 4 N–H and O–H groups in total. The molecule has 1 aliphatic heterocycles. The minimum atomic E-state index is -3.86. The molecule has 1 aromatic heterocycles. The SMILES string of the molecule is Nc1ncnc2ccc(NC(=O)C3CCCN3C(=O)C(Cc3ccccc3)NS(=O)(=O)Cc3ccccc3)cc12. The summed E-state index contributed by atoms with van der Waals surface area (Å²) < 4.78 is 28.9. The number of aromatic nitrogens is 2. The maximum absolute atomic E-state index is 13.9. The first-order chi connectivity index (χ1) is 19.3. The summed E-state index contributed by atoms with van der Waals surface area (Å²) in [7, 11) is -3.86. The highest BCUT2D eigenvalue weighted by atomic mass is 32.2. The average molecular weight is 559 g/mol. The molecule has 2 atom stereocenters. The number of carbonyl (C=O) groups excluding carboxylic acids is 2. The fraction of sp³-hybridized carbons (Fsp3) is 0.241. The van der Waals surface area contributed by atoms with Crippen LogP contribution in [0.2, 0.25) is 0 Å². The van der Waals surface area contributed by atoms with Crippen molar-refractivity contribution in [3.8, 4) is 0 Å². The van der Waals surface area contributed by atoms with Crippen LogP contribution in [0.15, 0.2) is 85.2 Å². The number of nitrogens with zero attached hydrogens (tertiary/aromatic N) is 3. The van der Waals surface area contributed by atoms with E-state index >= 15 is 0 Å². The van der Waals surface area contributed by atoms with E-state index in [1.54, 1.807) is 42.5 Å². The molecule has 5 rings (SSSR count). The van der Waals surface area contributed by atoms with Crippen molar-refractivity contribution in [2.75, 3.05) is 17.6 Å². The number of sulfonamides is 1. The molecular formula is C29H30N6O4S. The van der Waals surface area contributed by atoms with Gasteiger partial charge in [0.2, 0.25) is 21.8 Å². The van der Waals surface area contributed by atoms with E-state index in [1.807, 2.05) is 36.4 Å². The normalized spacial score (nSPS) is 16.1. The number of carbonyl (C=O) groups is 2. The largest absolute Gasteiger partial charge is 0.383 e. The third-order valence-corrected chi connectivity index (χ3v) is 8.23. The zero-order chi connectivity index (χ0) is 28.1. The number of fused-ring (bicyclic) bond motifs is 1. The minimum absolute atomic E-state index is 0.155. The van der Waals surface area contributed by atoms with Gasteiger partial charge in [-0.2, -0.15) is 0 Å². The van der Waals surface area contributed by atoms with E-state index in [0.29, 0.717) is 47.4 Å². The second kappa shape index (κ2) is 11.8. The number of benzene rings is 3. The van der Waals surface area contributed by atoms with Gasteiger partial charge in [-0.15, -0.1) is 0 Å². The van der Waals surface area contributed by atoms with Crippen LogP contribution in [0.5, 0.6) is 0 Å². The number of likely N-dealkylation sites (tertiary alicyclic amines) is 1. The highest BCUT2D eigenvalue weighted by Crippen LogP contribution is 2.24. The third-order valence-electron chi connectivity index (χ3n) is 6.87. The number of anilines is 2. The van der Waals surface area contributed by atoms with Gasteiger partial charge < -0.3 is 16.0 Å². The van der Waals surface area contributed by atoms with Crippen molar-refractivity contribution < 1.29 is 18.0 Å². The van der Waals surface area contributed by atoms with E-state index in [1.165, 1.54) is 11.2 Å². The van der Waals surface area contributed by atoms with Crippen molar-refractivity contribution in [3.63, 3.8) is 0 Å². The fourth-order valence-electron chi connectivity index (χ4n) is 4.96. The summed E-state index contributed by atoms with van der Waals surface area (Å²) in [6, 6.07) is 21.3. The van der Waals surface area contributed by atoms with Gasteiger partial charge in [-0.3, -0.25) is 9.59 Å². The molecule has 40 heavy (non-hydrogen) atoms. The first kappa shape index (κ1) is 27.2. The Balaban J connectivity index is 1.35. The molecule has 2 amide bonds. The molecule has 206 valence electrons. The zero-order valence-electron chi connectivity index (χ0n) is 21.7. The van der Waals surface area contributed by atoms with Gasteiger partial charge in [-0.05, 0) is 48.6 Å². The quantitative estimate of drug-likeness (QED) is 0.286. The van der Waals surface area contributed by atoms with Crippen molar-refractivity contribution >= 4 is 44.2 Å². The molecule has 0 aliphatic carbocycles. The van der Waals surface area contributed by atoms with E-state index in [2.05, 4.69) is 20.0 Å². The van der Waals surface area contributed by atoms with Crippen LogP contribution < -0.4 is 15.8 Å². The number of hydrogen-bond donors (Lipinski definition) is 3. The predicted octanol–water partition coefficient (Wildman–Crippen LogP) is 2.87. The topological polar surface area (TPSA) is 147 Å². The molecule has 2 heterocycles. The van der Waals surface area contributed by atoms with Crippen LogP contribution in [-0.4, -0.2) is 53.7 Å². The Morgan fingerprint density at radius 1 is 0.975 bits per heavy atom. The highest BCUT2D eigenvalue weighted by molar-refractivity contribution is 7.88. The summed E-state index contributed by atoms with van der Waals surface area (Å²) in [5, 5.41) is 3.48. The average Bonchev–Trinajstić information content (AvgIpc) is 3.44. The van der Waals surface area contributed by atoms with Gasteiger partial charge in [0, 0.05) is 17.6 Å². The van der Waals surface area contributed by atoms with Gasteiger partial charge in [0.05, 0.1) is 11.3 Å². The Kier molecular flexibility index (Phi) is 8.04. The van der Waals surface area contributed by atoms with Gasteiger partial charge in [-0.1, -0.05) is 60.7 Å². The van der Waals surface area contributed by atoms with Crippen molar-refractivity contribution in [2.24, 2.45) is 0 Å². The minimum Gasteiger partial charge on any atom is -0.383 e. The lowest BCUT2D eigenvalue weighted by atomic mass is 10.0. The van der Waals surface area contributed by atoms with Crippen molar-refractivity contribution in [1.82, 2.24) is 19.6 Å². The fourth-order valence-corrected chi connectivity index (χ4v) is 6.30. The first-order valence-electron chi connectivity index (χ1n) is 13.0. The van der Waals surface area contributed by atoms with Crippen molar-refractivity contribution in [2.45, 2.75) is 37.1 Å². The molecule has 1 aliphatic rings. The van der Waals surface area contributed by atoms with Crippen LogP contribution in [0.25, 0.3) is 10.9 Å². The standard InChI is InChI=1S/C29H30N6O4S/c30-27-23-17-22(13-14-24(23)31-19-32-27)33-28(36)26-12-7-15-35(26)29(37)25(16-20-8-3-1-4-9-20)34-40(38,39)18-21-10-5-2-6-11-21/h1-6,8-11,13-14,17,19,25-26,34H,7,12,15-16,18H2,(H,33,36)(H2,30,31,32). The second-order valence-electron chi connectivity index (χ2n) is 9.77. The summed E-state index contributed by atoms with van der Waals surface area (Å²) in [6.07, 6.45) is 2.61. The predicted molar refractivity (Wildman–Crippen MR) is 153 cm³/mol. The van der Waals surface area contributed by atoms with Gasteiger partial charge in [-0.25, -0.2) is 23.1 Å². The van der Waals surface area contributed by atoms with E-state index < -0.39 is 28.0 Å². The van der Waals surface area contributed by atoms with Crippen LogP contribution in [0.3, 0.4) is 0 Å². The van der Waals surface area contributed by atoms with E-state index in [-0.39, 0.29) is 18.1 Å². The lowest BCUT2D eigenvalue weighted by Gasteiger charge is -2.29. The molecule has 1 fully saturated rings. The number of nitrogen functional groups attached to an aromatic ring is 1. The number of amides is 2. The lowest BCUT2D eigenvalue weighted by molar-refractivity contribution is -0.138. The molecule has 1 saturated heterocycles. The Morgan fingerprint density at radius 2 is 1.68 bits per heavy atom. The molecule has 3 aromatic carbocycles. The van der Waals surface area contributed by atoms with Gasteiger partial charge in [0.25, 0.3) is 0 Å². The Hall–Kier alpha value is -4.35. The maximum Gasteiger partial charge on any atom is 0.247 e. The van der Waals surface area contributed by atoms with Crippen molar-refractivity contribution in [3.05, 3.63) is 96.3 Å². The Bertz CT molecular complexity index is 1620. The number of nitrogens with two attached hydrogens (primary N) is 1. The molecule has 0 spiro atoms. The molecule has 4 aromatic rings. The molecule has 0 saturated carbocycles. The number of rotatable bonds is 9. The summed E-state index contributed by atoms with van der Waals surface area (Å²) in [5.74, 6) is -0.753. The van der Waals surface area contributed by atoms with E-state index in [4.69, 9.17) is 5.73 Å². The van der Waals surface area contributed by atoms with Crippen LogP contribution in [0.4, 0.5) is 11.5 Å². The molecule has 2 unspecified atom stereocenters. The first-order valence-corrected chi connectivity index (χ1v) is 14.6. The Labute approximate surface area is 232 Å². The van der Waals surface area contributed by atoms with E-state index in [9.17, 15) is 18.0 Å². The third kappa shape index (κ3) is 6.44. The van der Waals surface area contributed by atoms with Gasteiger partial charge >= 0.3 is 0 Å². The number of hydrogen-bond acceptors (Lipinski definition) is 7. The summed E-state index contributed by atoms with van der Waals surface area (Å²) >= 11 is 0. The second-order valence-corrected chi connectivity index (χ2v) is 11.5. The van der Waals surface area contributed by atoms with Gasteiger partial charge in [0.1, 0.15) is 24.2 Å². The highest BCUT2D eigenvalue weighted by Gasteiger charge is 2.38. The molecule has 0 radical (unpaired) electrons. The maximum atomic E-state index is 13.9. The molecule has 0 bridgehead atoms. The van der Waals surface area contributed by atoms with E-state index in [0.717, 1.165) is 5.56 Å². The number of nitrogens with one attached hydrogen (secondary N) is 2. The van der Waals surface area contributed by atoms with Crippen LogP contribution in [0.1, 0.15) is 24.0 Å². The summed E-state index contributed by atoms with van der Waals surface area (Å²) in [5.41, 5.74) is 8.53. The molecule has 11 heteroatoms. The Morgan fingerprint density at radius 3 is 2.40 bits per heavy atom.